The van der Waals surface area contributed by atoms with Crippen LogP contribution in [0.5, 0.6) is 0 Å². The van der Waals surface area contributed by atoms with Crippen LogP contribution in [0.1, 0.15) is 47.0 Å². The van der Waals surface area contributed by atoms with Crippen molar-refractivity contribution in [3.8, 4) is 0 Å². The smallest absolute Gasteiger partial charge is 0.191 e. The van der Waals surface area contributed by atoms with Crippen molar-refractivity contribution in [2.75, 3.05) is 32.8 Å². The lowest BCUT2D eigenvalue weighted by atomic mass is 10.1. The maximum Gasteiger partial charge on any atom is 0.191 e. The number of guanidine groups is 1. The van der Waals surface area contributed by atoms with Crippen molar-refractivity contribution >= 4 is 29.9 Å². The van der Waals surface area contributed by atoms with Gasteiger partial charge in [0, 0.05) is 26.2 Å². The highest BCUT2D eigenvalue weighted by atomic mass is 127. The van der Waals surface area contributed by atoms with Crippen LogP contribution in [0.3, 0.4) is 0 Å². The number of hydrogen-bond donors (Lipinski definition) is 2. The predicted octanol–water partition coefficient (Wildman–Crippen LogP) is 3.02. The molecule has 0 aliphatic rings. The van der Waals surface area contributed by atoms with Crippen LogP contribution in [0, 0.1) is 5.92 Å². The molecule has 0 saturated carbocycles. The number of ether oxygens (including phenoxy) is 1. The SMILES string of the molecule is CCCCOCCNC(=NCCC(C)C)NCC.I. The van der Waals surface area contributed by atoms with Crippen LogP contribution in [0.25, 0.3) is 0 Å². The van der Waals surface area contributed by atoms with Gasteiger partial charge in [-0.2, -0.15) is 0 Å². The van der Waals surface area contributed by atoms with Crippen molar-refractivity contribution in [3.63, 3.8) is 0 Å². The first kappa shape index (κ1) is 21.3. The molecule has 0 atom stereocenters. The van der Waals surface area contributed by atoms with E-state index < -0.39 is 0 Å². The summed E-state index contributed by atoms with van der Waals surface area (Å²) in [7, 11) is 0. The molecule has 0 bridgehead atoms. The maximum absolute atomic E-state index is 5.50. The summed E-state index contributed by atoms with van der Waals surface area (Å²) < 4.78 is 5.50. The Balaban J connectivity index is 0. The Labute approximate surface area is 136 Å². The summed E-state index contributed by atoms with van der Waals surface area (Å²) in [5, 5.41) is 6.53. The van der Waals surface area contributed by atoms with E-state index in [0.29, 0.717) is 5.92 Å². The van der Waals surface area contributed by atoms with Crippen LogP contribution < -0.4 is 10.6 Å². The fraction of sp³-hybridized carbons (Fsp3) is 0.929. The van der Waals surface area contributed by atoms with Gasteiger partial charge in [0.15, 0.2) is 5.96 Å². The zero-order chi connectivity index (χ0) is 13.6. The van der Waals surface area contributed by atoms with Gasteiger partial charge in [0.05, 0.1) is 6.61 Å². The third kappa shape index (κ3) is 15.9. The molecule has 5 heteroatoms. The molecule has 0 aromatic rings. The molecule has 2 N–H and O–H groups in total. The summed E-state index contributed by atoms with van der Waals surface area (Å²) in [6.07, 6.45) is 3.46. The Morgan fingerprint density at radius 2 is 1.89 bits per heavy atom. The average Bonchev–Trinajstić information content (AvgIpc) is 2.33. The minimum Gasteiger partial charge on any atom is -0.380 e. The van der Waals surface area contributed by atoms with Crippen LogP contribution in [0.2, 0.25) is 0 Å². The minimum absolute atomic E-state index is 0. The Kier molecular flexibility index (Phi) is 17.9. The van der Waals surface area contributed by atoms with Crippen molar-refractivity contribution in [1.29, 1.82) is 0 Å². The molecule has 0 aliphatic carbocycles. The molecular weight excluding hydrogens is 353 g/mol. The highest BCUT2D eigenvalue weighted by molar-refractivity contribution is 14.0. The summed E-state index contributed by atoms with van der Waals surface area (Å²) in [5.74, 6) is 1.60. The molecule has 4 nitrogen and oxygen atoms in total. The third-order valence-electron chi connectivity index (χ3n) is 2.50. The second kappa shape index (κ2) is 16.0. The predicted molar refractivity (Wildman–Crippen MR) is 94.6 cm³/mol. The van der Waals surface area contributed by atoms with Gasteiger partial charge in [0.2, 0.25) is 0 Å². The average molecular weight is 385 g/mol. The van der Waals surface area contributed by atoms with Gasteiger partial charge in [0.25, 0.3) is 0 Å². The highest BCUT2D eigenvalue weighted by Gasteiger charge is 1.97. The topological polar surface area (TPSA) is 45.6 Å². The van der Waals surface area contributed by atoms with Crippen LogP contribution in [0.15, 0.2) is 4.99 Å². The summed E-state index contributed by atoms with van der Waals surface area (Å²) >= 11 is 0. The first-order valence-corrected chi connectivity index (χ1v) is 7.30. The molecule has 0 spiro atoms. The van der Waals surface area contributed by atoms with E-state index in [1.54, 1.807) is 0 Å². The van der Waals surface area contributed by atoms with Crippen LogP contribution >= 0.6 is 24.0 Å². The van der Waals surface area contributed by atoms with Gasteiger partial charge in [0.1, 0.15) is 0 Å². The van der Waals surface area contributed by atoms with Gasteiger partial charge in [-0.1, -0.05) is 27.2 Å². The van der Waals surface area contributed by atoms with Crippen molar-refractivity contribution in [1.82, 2.24) is 10.6 Å². The van der Waals surface area contributed by atoms with E-state index >= 15 is 0 Å². The molecule has 0 amide bonds. The Bertz CT molecular complexity index is 211. The molecule has 0 aromatic carbocycles. The van der Waals surface area contributed by atoms with Crippen LogP contribution in [0.4, 0.5) is 0 Å². The quantitative estimate of drug-likeness (QED) is 0.263. The van der Waals surface area contributed by atoms with Crippen LogP contribution in [-0.2, 0) is 4.74 Å². The number of halogens is 1. The maximum atomic E-state index is 5.50. The van der Waals surface area contributed by atoms with Gasteiger partial charge in [-0.05, 0) is 25.7 Å². The van der Waals surface area contributed by atoms with Gasteiger partial charge in [-0.25, -0.2) is 0 Å². The standard InChI is InChI=1S/C14H31N3O.HI/c1-5-7-11-18-12-10-17-14(15-6-2)16-9-8-13(3)4;/h13H,5-12H2,1-4H3,(H2,15,16,17);1H. The van der Waals surface area contributed by atoms with E-state index in [-0.39, 0.29) is 24.0 Å². The summed E-state index contributed by atoms with van der Waals surface area (Å²) in [5.41, 5.74) is 0. The monoisotopic (exact) mass is 385 g/mol. The van der Waals surface area contributed by atoms with E-state index in [2.05, 4.69) is 43.3 Å². The van der Waals surface area contributed by atoms with Crippen molar-refractivity contribution in [2.45, 2.75) is 47.0 Å². The fourth-order valence-electron chi connectivity index (χ4n) is 1.37. The highest BCUT2D eigenvalue weighted by Crippen LogP contribution is 1.98. The molecule has 0 aliphatic heterocycles. The second-order valence-corrected chi connectivity index (χ2v) is 4.84. The van der Waals surface area contributed by atoms with Gasteiger partial charge < -0.3 is 15.4 Å². The number of unbranched alkanes of at least 4 members (excludes halogenated alkanes) is 1. The number of nitrogens with zero attached hydrogens (tertiary/aromatic N) is 1. The zero-order valence-corrected chi connectivity index (χ0v) is 15.3. The van der Waals surface area contributed by atoms with Gasteiger partial charge >= 0.3 is 0 Å². The first-order valence-electron chi connectivity index (χ1n) is 7.30. The van der Waals surface area contributed by atoms with E-state index in [1.807, 2.05) is 0 Å². The molecule has 0 radical (unpaired) electrons. The zero-order valence-electron chi connectivity index (χ0n) is 13.0. The lowest BCUT2D eigenvalue weighted by molar-refractivity contribution is 0.136. The largest absolute Gasteiger partial charge is 0.380 e. The van der Waals surface area contributed by atoms with E-state index in [4.69, 9.17) is 4.74 Å². The Hall–Kier alpha value is -0.0400. The molecule has 0 saturated heterocycles. The molecule has 0 rings (SSSR count). The molecule has 0 fully saturated rings. The van der Waals surface area contributed by atoms with Crippen molar-refractivity contribution < 1.29 is 4.74 Å². The second-order valence-electron chi connectivity index (χ2n) is 4.84. The molecule has 19 heavy (non-hydrogen) atoms. The fourth-order valence-corrected chi connectivity index (χ4v) is 1.37. The minimum atomic E-state index is 0. The van der Waals surface area contributed by atoms with Crippen molar-refractivity contribution in [2.24, 2.45) is 10.9 Å². The Morgan fingerprint density at radius 3 is 2.47 bits per heavy atom. The molecular formula is C14H32IN3O. The molecule has 0 unspecified atom stereocenters. The van der Waals surface area contributed by atoms with Crippen molar-refractivity contribution in [3.05, 3.63) is 0 Å². The number of aliphatic imine (C=N–C) groups is 1. The van der Waals surface area contributed by atoms with E-state index in [0.717, 1.165) is 51.6 Å². The number of nitrogens with one attached hydrogen (secondary N) is 2. The summed E-state index contributed by atoms with van der Waals surface area (Å²) in [4.78, 5) is 4.53. The van der Waals surface area contributed by atoms with Gasteiger partial charge in [-0.3, -0.25) is 4.99 Å². The summed E-state index contributed by atoms with van der Waals surface area (Å²) in [6, 6.07) is 0. The van der Waals surface area contributed by atoms with E-state index in [1.165, 1.54) is 6.42 Å². The van der Waals surface area contributed by atoms with Gasteiger partial charge in [-0.15, -0.1) is 24.0 Å². The normalized spacial score (nSPS) is 11.3. The van der Waals surface area contributed by atoms with E-state index in [9.17, 15) is 0 Å². The lowest BCUT2D eigenvalue weighted by Crippen LogP contribution is -2.39. The lowest BCUT2D eigenvalue weighted by Gasteiger charge is -2.11. The van der Waals surface area contributed by atoms with Crippen LogP contribution in [-0.4, -0.2) is 38.8 Å². The molecule has 0 aromatic heterocycles. The number of rotatable bonds is 10. The molecule has 116 valence electrons. The summed E-state index contributed by atoms with van der Waals surface area (Å²) in [6.45, 7) is 12.9. The number of hydrogen-bond acceptors (Lipinski definition) is 2. The Morgan fingerprint density at radius 1 is 1.16 bits per heavy atom. The first-order chi connectivity index (χ1) is 8.70. The third-order valence-corrected chi connectivity index (χ3v) is 2.50. The molecule has 0 heterocycles.